The van der Waals surface area contributed by atoms with Crippen LogP contribution in [0.25, 0.3) is 0 Å². The number of carbonyl (C=O) groups is 1. The highest BCUT2D eigenvalue weighted by atomic mass is 33.2. The molecule has 0 aliphatic heterocycles. The lowest BCUT2D eigenvalue weighted by atomic mass is 10.2. The summed E-state index contributed by atoms with van der Waals surface area (Å²) in [6, 6.07) is 1.24. The zero-order valence-corrected chi connectivity index (χ0v) is 13.2. The van der Waals surface area contributed by atoms with Gasteiger partial charge in [0.2, 0.25) is 0 Å². The van der Waals surface area contributed by atoms with Gasteiger partial charge in [0, 0.05) is 11.6 Å². The first-order chi connectivity index (χ1) is 10.6. The van der Waals surface area contributed by atoms with E-state index in [0.29, 0.717) is 12.1 Å². The van der Waals surface area contributed by atoms with Crippen LogP contribution in [0, 0.1) is 0 Å². The van der Waals surface area contributed by atoms with E-state index in [0.717, 1.165) is 0 Å². The third-order valence-electron chi connectivity index (χ3n) is 1.98. The maximum absolute atomic E-state index is 12.2. The van der Waals surface area contributed by atoms with Crippen LogP contribution < -0.4 is 8.37 Å². The van der Waals surface area contributed by atoms with E-state index < -0.39 is 51.0 Å². The number of aldehydes is 1. The summed E-state index contributed by atoms with van der Waals surface area (Å²) < 4.78 is 118. The molecular weight excluding hydrogens is 409 g/mol. The summed E-state index contributed by atoms with van der Waals surface area (Å²) in [4.78, 5) is 10.6. The molecule has 0 spiro atoms. The zero-order chi connectivity index (χ0) is 19.0. The lowest BCUT2D eigenvalue weighted by Crippen LogP contribution is -2.28. The number of hydrogen-bond acceptors (Lipinski definition) is 9. The van der Waals surface area contributed by atoms with Gasteiger partial charge in [0.1, 0.15) is 17.8 Å². The molecule has 0 heterocycles. The molecule has 0 aliphatic rings. The number of halogens is 3. The summed E-state index contributed by atoms with van der Waals surface area (Å²) in [5, 5.41) is 0. The van der Waals surface area contributed by atoms with Crippen molar-refractivity contribution in [3.05, 3.63) is 23.8 Å². The summed E-state index contributed by atoms with van der Waals surface area (Å²) in [7, 11) is -17.6. The van der Waals surface area contributed by atoms with Gasteiger partial charge in [-0.2, -0.15) is 38.4 Å². The number of carbonyl (C=O) groups excluding carboxylic acids is 1. The van der Waals surface area contributed by atoms with E-state index in [1.165, 1.54) is 0 Å². The number of hydrogen-bond donors (Lipinski definition) is 1. The summed E-state index contributed by atoms with van der Waals surface area (Å²) in [6.07, 6.45) is -0.0556. The van der Waals surface area contributed by atoms with Crippen LogP contribution in [0.3, 0.4) is 0 Å². The Labute approximate surface area is 132 Å². The van der Waals surface area contributed by atoms with Gasteiger partial charge in [-0.05, 0) is 12.1 Å². The molecule has 0 unspecified atom stereocenters. The average Bonchev–Trinajstić information content (AvgIpc) is 2.34. The number of rotatable bonds is 6. The molecule has 136 valence electrons. The van der Waals surface area contributed by atoms with Crippen LogP contribution in [0.1, 0.15) is 10.4 Å². The van der Waals surface area contributed by atoms with E-state index in [4.69, 9.17) is 4.55 Å². The van der Waals surface area contributed by atoms with Crippen LogP contribution in [0.4, 0.5) is 13.2 Å². The number of alkyl halides is 3. The van der Waals surface area contributed by atoms with Gasteiger partial charge in [-0.1, -0.05) is 0 Å². The molecule has 1 N–H and O–H groups in total. The fraction of sp³-hybridized carbons (Fsp3) is 0.125. The second kappa shape index (κ2) is 6.19. The van der Waals surface area contributed by atoms with Gasteiger partial charge in [0.05, 0.1) is 0 Å². The summed E-state index contributed by atoms with van der Waals surface area (Å²) >= 11 is 0. The predicted octanol–water partition coefficient (Wildman–Crippen LogP) is 0.239. The van der Waals surface area contributed by atoms with E-state index in [1.54, 1.807) is 0 Å². The van der Waals surface area contributed by atoms with Crippen molar-refractivity contribution in [2.75, 3.05) is 0 Å². The van der Waals surface area contributed by atoms with Crippen molar-refractivity contribution < 1.29 is 56.1 Å². The summed E-state index contributed by atoms with van der Waals surface area (Å²) in [6.45, 7) is 0. The molecule has 1 aromatic rings. The maximum atomic E-state index is 12.2. The van der Waals surface area contributed by atoms with Crippen LogP contribution in [-0.4, -0.2) is 41.6 Å². The molecule has 0 saturated carbocycles. The Bertz CT molecular complexity index is 959. The van der Waals surface area contributed by atoms with Gasteiger partial charge in [-0.15, -0.1) is 0 Å². The fourth-order valence-corrected chi connectivity index (χ4v) is 2.45. The number of benzene rings is 1. The van der Waals surface area contributed by atoms with Crippen molar-refractivity contribution in [2.45, 2.75) is 5.51 Å². The highest BCUT2D eigenvalue weighted by Gasteiger charge is 2.48. The smallest absolute Gasteiger partial charge is 0.376 e. The van der Waals surface area contributed by atoms with Gasteiger partial charge in [0.25, 0.3) is 0 Å². The molecule has 10 nitrogen and oxygen atoms in total. The van der Waals surface area contributed by atoms with Gasteiger partial charge < -0.3 is 8.37 Å². The van der Waals surface area contributed by atoms with Gasteiger partial charge in [0.15, 0.2) is 0 Å². The van der Waals surface area contributed by atoms with Crippen LogP contribution in [0.15, 0.2) is 18.2 Å². The minimum Gasteiger partial charge on any atom is -0.376 e. The lowest BCUT2D eigenvalue weighted by Gasteiger charge is -2.11. The second-order valence-corrected chi connectivity index (χ2v) is 9.62. The highest BCUT2D eigenvalue weighted by molar-refractivity contribution is 8.63. The Morgan fingerprint density at radius 1 is 0.917 bits per heavy atom. The van der Waals surface area contributed by atoms with Crippen molar-refractivity contribution >= 4 is 34.7 Å². The SMILES string of the molecule is O=Cc1cc(OS(=O)(=O)C(F)(F)F)cc(OS(=O)(=O)S(=O)(=O)O)c1. The third kappa shape index (κ3) is 4.56. The normalized spacial score (nSPS) is 13.3. The monoisotopic (exact) mass is 414 g/mol. The van der Waals surface area contributed by atoms with Gasteiger partial charge in [-0.25, -0.2) is 0 Å². The first-order valence-corrected chi connectivity index (χ1v) is 9.89. The minimum absolute atomic E-state index is 0.0556. The van der Waals surface area contributed by atoms with Crippen molar-refractivity contribution in [1.29, 1.82) is 0 Å². The van der Waals surface area contributed by atoms with E-state index in [-0.39, 0.29) is 12.4 Å². The Balaban J connectivity index is 3.36. The third-order valence-corrected chi connectivity index (χ3v) is 5.63. The van der Waals surface area contributed by atoms with E-state index in [1.807, 2.05) is 0 Å². The molecule has 0 saturated heterocycles. The molecule has 0 radical (unpaired) electrons. The van der Waals surface area contributed by atoms with Crippen LogP contribution in [0.5, 0.6) is 11.5 Å². The Morgan fingerprint density at radius 2 is 1.38 bits per heavy atom. The second-order valence-electron chi connectivity index (χ2n) is 3.76. The van der Waals surface area contributed by atoms with Gasteiger partial charge >= 0.3 is 33.9 Å². The molecular formula is C8H5F3O10S3. The lowest BCUT2D eigenvalue weighted by molar-refractivity contribution is -0.0500. The van der Waals surface area contributed by atoms with E-state index in [9.17, 15) is 43.2 Å². The molecule has 0 aromatic heterocycles. The molecule has 0 atom stereocenters. The molecule has 0 bridgehead atoms. The van der Waals surface area contributed by atoms with Crippen molar-refractivity contribution in [3.8, 4) is 11.5 Å². The topological polar surface area (TPSA) is 158 Å². The predicted molar refractivity (Wildman–Crippen MR) is 68.5 cm³/mol. The quantitative estimate of drug-likeness (QED) is 0.225. The maximum Gasteiger partial charge on any atom is 0.534 e. The molecule has 0 amide bonds. The zero-order valence-electron chi connectivity index (χ0n) is 10.8. The van der Waals surface area contributed by atoms with Crippen LogP contribution in [0.2, 0.25) is 0 Å². The molecule has 16 heteroatoms. The minimum atomic E-state index is -6.15. The molecule has 24 heavy (non-hydrogen) atoms. The Morgan fingerprint density at radius 3 is 1.75 bits per heavy atom. The molecule has 1 rings (SSSR count). The highest BCUT2D eigenvalue weighted by Crippen LogP contribution is 2.30. The Kier molecular flexibility index (Phi) is 5.19. The molecule has 0 aliphatic carbocycles. The largest absolute Gasteiger partial charge is 0.534 e. The molecule has 1 aromatic carbocycles. The fourth-order valence-electron chi connectivity index (χ4n) is 1.09. The van der Waals surface area contributed by atoms with E-state index in [2.05, 4.69) is 8.37 Å². The van der Waals surface area contributed by atoms with Gasteiger partial charge in [-0.3, -0.25) is 9.35 Å². The first-order valence-electron chi connectivity index (χ1n) is 5.12. The van der Waals surface area contributed by atoms with Crippen molar-refractivity contribution in [1.82, 2.24) is 0 Å². The summed E-state index contributed by atoms with van der Waals surface area (Å²) in [5.74, 6) is -2.30. The van der Waals surface area contributed by atoms with Crippen molar-refractivity contribution in [2.24, 2.45) is 0 Å². The van der Waals surface area contributed by atoms with Crippen LogP contribution in [-0.2, 0) is 28.4 Å². The Hall–Kier alpha value is -1.91. The molecule has 0 fully saturated rings. The first kappa shape index (κ1) is 20.1. The van der Waals surface area contributed by atoms with Crippen molar-refractivity contribution in [3.63, 3.8) is 0 Å². The van der Waals surface area contributed by atoms with Crippen LogP contribution >= 0.6 is 0 Å². The standard InChI is InChI=1S/C8H5F3O10S3/c9-8(10,11)22(13,14)20-6-1-5(4-12)2-7(3-6)21-24(18,19)23(15,16)17/h1-4H,(H,15,16,17). The summed E-state index contributed by atoms with van der Waals surface area (Å²) in [5.41, 5.74) is -6.45. The average molecular weight is 414 g/mol. The van der Waals surface area contributed by atoms with E-state index >= 15 is 0 Å².